The van der Waals surface area contributed by atoms with Crippen LogP contribution in [0.2, 0.25) is 0 Å². The summed E-state index contributed by atoms with van der Waals surface area (Å²) < 4.78 is 10.0. The predicted octanol–water partition coefficient (Wildman–Crippen LogP) is 1.92. The number of carbonyl (C=O) groups is 1. The molecule has 0 aliphatic rings. The lowest BCUT2D eigenvalue weighted by atomic mass is 10.1. The number of benzene rings is 1. The molecule has 1 aromatic carbocycles. The normalized spacial score (nSPS) is 9.78. The van der Waals surface area contributed by atoms with Crippen molar-refractivity contribution in [1.82, 2.24) is 4.98 Å². The zero-order valence-electron chi connectivity index (χ0n) is 9.38. The van der Waals surface area contributed by atoms with Crippen molar-refractivity contribution in [1.29, 1.82) is 5.26 Å². The molecule has 6 nitrogen and oxygen atoms in total. The van der Waals surface area contributed by atoms with Crippen molar-refractivity contribution in [2.24, 2.45) is 0 Å². The van der Waals surface area contributed by atoms with E-state index in [1.54, 1.807) is 12.1 Å². The summed E-state index contributed by atoms with van der Waals surface area (Å²) >= 11 is 0. The first-order valence-electron chi connectivity index (χ1n) is 4.92. The minimum absolute atomic E-state index is 0.113. The first kappa shape index (κ1) is 11.7. The summed E-state index contributed by atoms with van der Waals surface area (Å²) in [6.45, 7) is 0. The van der Waals surface area contributed by atoms with Gasteiger partial charge in [-0.1, -0.05) is 0 Å². The van der Waals surface area contributed by atoms with Crippen LogP contribution in [0.1, 0.15) is 16.1 Å². The van der Waals surface area contributed by atoms with E-state index >= 15 is 0 Å². The molecule has 0 spiro atoms. The Kier molecular flexibility index (Phi) is 2.98. The summed E-state index contributed by atoms with van der Waals surface area (Å²) in [5, 5.41) is 17.9. The van der Waals surface area contributed by atoms with Crippen molar-refractivity contribution in [2.45, 2.75) is 0 Å². The number of nitriles is 1. The quantitative estimate of drug-likeness (QED) is 0.885. The molecule has 0 amide bonds. The van der Waals surface area contributed by atoms with Gasteiger partial charge in [0.1, 0.15) is 11.8 Å². The number of rotatable bonds is 3. The molecular formula is C12H8N2O4. The van der Waals surface area contributed by atoms with Crippen LogP contribution in [0.3, 0.4) is 0 Å². The van der Waals surface area contributed by atoms with Crippen LogP contribution >= 0.6 is 0 Å². The molecule has 0 unspecified atom stereocenters. The first-order valence-corrected chi connectivity index (χ1v) is 4.92. The average Bonchev–Trinajstić information content (AvgIpc) is 2.87. The second-order valence-electron chi connectivity index (χ2n) is 3.36. The molecule has 0 bridgehead atoms. The highest BCUT2D eigenvalue weighted by Gasteiger charge is 2.18. The summed E-state index contributed by atoms with van der Waals surface area (Å²) in [6.07, 6.45) is 1.05. The second kappa shape index (κ2) is 4.59. The fourth-order valence-electron chi connectivity index (χ4n) is 1.54. The third-order valence-corrected chi connectivity index (χ3v) is 2.35. The maximum absolute atomic E-state index is 10.9. The summed E-state index contributed by atoms with van der Waals surface area (Å²) in [4.78, 5) is 14.5. The Labute approximate surface area is 102 Å². The highest BCUT2D eigenvalue weighted by molar-refractivity contribution is 5.92. The predicted molar refractivity (Wildman–Crippen MR) is 60.2 cm³/mol. The minimum atomic E-state index is -1.19. The molecule has 90 valence electrons. The smallest absolute Gasteiger partial charge is 0.358 e. The summed E-state index contributed by atoms with van der Waals surface area (Å²) in [5.41, 5.74) is 0.564. The Bertz CT molecular complexity index is 640. The maximum atomic E-state index is 10.9. The van der Waals surface area contributed by atoms with Gasteiger partial charge in [0.05, 0.1) is 12.7 Å². The molecule has 0 saturated carbocycles. The van der Waals surface area contributed by atoms with Crippen molar-refractivity contribution in [3.8, 4) is 23.1 Å². The van der Waals surface area contributed by atoms with Crippen LogP contribution in [0, 0.1) is 11.3 Å². The number of ether oxygens (including phenoxy) is 1. The van der Waals surface area contributed by atoms with Gasteiger partial charge in [0, 0.05) is 5.56 Å². The summed E-state index contributed by atoms with van der Waals surface area (Å²) in [6, 6.07) is 6.63. The van der Waals surface area contributed by atoms with E-state index in [2.05, 4.69) is 4.98 Å². The molecule has 0 saturated heterocycles. The lowest BCUT2D eigenvalue weighted by Crippen LogP contribution is -1.98. The van der Waals surface area contributed by atoms with Gasteiger partial charge in [-0.05, 0) is 18.2 Å². The van der Waals surface area contributed by atoms with Crippen molar-refractivity contribution in [2.75, 3.05) is 7.11 Å². The molecule has 0 fully saturated rings. The lowest BCUT2D eigenvalue weighted by molar-refractivity contribution is 0.0691. The van der Waals surface area contributed by atoms with Crippen molar-refractivity contribution in [3.05, 3.63) is 35.9 Å². The third-order valence-electron chi connectivity index (χ3n) is 2.35. The van der Waals surface area contributed by atoms with E-state index in [4.69, 9.17) is 19.5 Å². The summed E-state index contributed by atoms with van der Waals surface area (Å²) in [7, 11) is 1.45. The van der Waals surface area contributed by atoms with Crippen LogP contribution in [-0.4, -0.2) is 23.2 Å². The van der Waals surface area contributed by atoms with Crippen molar-refractivity contribution >= 4 is 5.97 Å². The number of hydrogen-bond acceptors (Lipinski definition) is 5. The monoisotopic (exact) mass is 244 g/mol. The molecule has 0 atom stereocenters. The topological polar surface area (TPSA) is 96.3 Å². The molecule has 0 radical (unpaired) electrons. The highest BCUT2D eigenvalue weighted by Crippen LogP contribution is 2.28. The molecule has 0 aliphatic heterocycles. The Morgan fingerprint density at radius 1 is 1.56 bits per heavy atom. The molecule has 1 aromatic heterocycles. The Balaban J connectivity index is 2.55. The van der Waals surface area contributed by atoms with E-state index < -0.39 is 5.97 Å². The number of hydrogen-bond donors (Lipinski definition) is 1. The molecule has 1 heterocycles. The van der Waals surface area contributed by atoms with Crippen LogP contribution in [0.25, 0.3) is 11.3 Å². The molecule has 6 heteroatoms. The van der Waals surface area contributed by atoms with Gasteiger partial charge in [0.25, 0.3) is 0 Å². The van der Waals surface area contributed by atoms with Gasteiger partial charge < -0.3 is 14.3 Å². The fourth-order valence-corrected chi connectivity index (χ4v) is 1.54. The van der Waals surface area contributed by atoms with Gasteiger partial charge in [0.15, 0.2) is 17.8 Å². The van der Waals surface area contributed by atoms with Crippen molar-refractivity contribution in [3.63, 3.8) is 0 Å². The number of methoxy groups -OCH3 is 1. The number of nitrogens with zero attached hydrogens (tertiary/aromatic N) is 2. The van der Waals surface area contributed by atoms with E-state index in [0.717, 1.165) is 6.39 Å². The molecular weight excluding hydrogens is 236 g/mol. The van der Waals surface area contributed by atoms with E-state index in [-0.39, 0.29) is 11.5 Å². The number of oxazole rings is 1. The zero-order chi connectivity index (χ0) is 13.1. The Morgan fingerprint density at radius 3 is 2.94 bits per heavy atom. The van der Waals surface area contributed by atoms with Crippen LogP contribution < -0.4 is 4.74 Å². The molecule has 1 N–H and O–H groups in total. The Morgan fingerprint density at radius 2 is 2.33 bits per heavy atom. The fraction of sp³-hybridized carbons (Fsp3) is 0.0833. The zero-order valence-corrected chi connectivity index (χ0v) is 9.38. The number of aromatic carboxylic acids is 1. The van der Waals surface area contributed by atoms with Gasteiger partial charge in [-0.2, -0.15) is 5.26 Å². The van der Waals surface area contributed by atoms with Gasteiger partial charge in [-0.15, -0.1) is 0 Å². The van der Waals surface area contributed by atoms with E-state index in [0.29, 0.717) is 16.9 Å². The van der Waals surface area contributed by atoms with E-state index in [1.807, 2.05) is 6.07 Å². The van der Waals surface area contributed by atoms with Gasteiger partial charge in [-0.25, -0.2) is 9.78 Å². The number of carboxylic acids is 1. The third kappa shape index (κ3) is 1.89. The number of carboxylic acid groups (broad SMARTS) is 1. The Hall–Kier alpha value is -2.81. The average molecular weight is 244 g/mol. The highest BCUT2D eigenvalue weighted by atomic mass is 16.5. The van der Waals surface area contributed by atoms with Crippen molar-refractivity contribution < 1.29 is 19.1 Å². The van der Waals surface area contributed by atoms with Gasteiger partial charge >= 0.3 is 5.97 Å². The van der Waals surface area contributed by atoms with Gasteiger partial charge in [0.2, 0.25) is 0 Å². The van der Waals surface area contributed by atoms with Crippen LogP contribution in [0.5, 0.6) is 5.75 Å². The lowest BCUT2D eigenvalue weighted by Gasteiger charge is -2.04. The van der Waals surface area contributed by atoms with Gasteiger partial charge in [-0.3, -0.25) is 0 Å². The number of aromatic nitrogens is 1. The minimum Gasteiger partial charge on any atom is -0.495 e. The molecule has 18 heavy (non-hydrogen) atoms. The first-order chi connectivity index (χ1) is 8.67. The summed E-state index contributed by atoms with van der Waals surface area (Å²) in [5.74, 6) is -0.660. The van der Waals surface area contributed by atoms with Crippen LogP contribution in [0.4, 0.5) is 0 Å². The molecule has 0 aliphatic carbocycles. The molecule has 2 aromatic rings. The largest absolute Gasteiger partial charge is 0.495 e. The standard InChI is InChI=1S/C12H8N2O4/c1-17-9-3-2-7(4-8(9)5-13)11-10(12(15)16)14-6-18-11/h2-4,6H,1H3,(H,15,16). The second-order valence-corrected chi connectivity index (χ2v) is 3.36. The van der Waals surface area contributed by atoms with Crippen LogP contribution in [-0.2, 0) is 0 Å². The SMILES string of the molecule is COc1ccc(-c2ocnc2C(=O)O)cc1C#N. The van der Waals surface area contributed by atoms with Crippen LogP contribution in [0.15, 0.2) is 29.0 Å². The van der Waals surface area contributed by atoms with E-state index in [1.165, 1.54) is 13.2 Å². The maximum Gasteiger partial charge on any atom is 0.358 e. The molecule has 2 rings (SSSR count). The van der Waals surface area contributed by atoms with E-state index in [9.17, 15) is 4.79 Å².